The predicted octanol–water partition coefficient (Wildman–Crippen LogP) is 4.30. The molecular formula is C20H19F2N3O. The lowest BCUT2D eigenvalue weighted by atomic mass is 10.1. The maximum atomic E-state index is 13.3. The fourth-order valence-corrected chi connectivity index (χ4v) is 2.75. The number of amides is 1. The van der Waals surface area contributed by atoms with E-state index in [-0.39, 0.29) is 17.5 Å². The summed E-state index contributed by atoms with van der Waals surface area (Å²) in [6.45, 7) is 4.94. The molecule has 0 saturated carbocycles. The molecule has 1 heterocycles. The van der Waals surface area contributed by atoms with E-state index >= 15 is 0 Å². The third-order valence-electron chi connectivity index (χ3n) is 4.19. The van der Waals surface area contributed by atoms with Crippen LogP contribution in [0.1, 0.15) is 24.3 Å². The van der Waals surface area contributed by atoms with Crippen molar-refractivity contribution in [2.75, 3.05) is 13.1 Å². The Hall–Kier alpha value is -3.02. The molecule has 0 aliphatic heterocycles. The van der Waals surface area contributed by atoms with Crippen LogP contribution in [0.4, 0.5) is 8.78 Å². The first kappa shape index (κ1) is 17.8. The van der Waals surface area contributed by atoms with Gasteiger partial charge in [-0.05, 0) is 68.4 Å². The molecule has 2 aromatic carbocycles. The van der Waals surface area contributed by atoms with Crippen LogP contribution in [0.25, 0.3) is 16.9 Å². The highest BCUT2D eigenvalue weighted by Gasteiger charge is 2.21. The minimum atomic E-state index is -0.365. The number of carbonyl (C=O) groups is 1. The van der Waals surface area contributed by atoms with Crippen LogP contribution in [0, 0.1) is 11.6 Å². The Morgan fingerprint density at radius 3 is 2.04 bits per heavy atom. The van der Waals surface area contributed by atoms with Gasteiger partial charge in [-0.25, -0.2) is 13.5 Å². The number of nitrogens with zero attached hydrogens (tertiary/aromatic N) is 3. The van der Waals surface area contributed by atoms with E-state index in [1.807, 2.05) is 13.8 Å². The predicted molar refractivity (Wildman–Crippen MR) is 96.2 cm³/mol. The molecule has 0 N–H and O–H groups in total. The number of aromatic nitrogens is 2. The van der Waals surface area contributed by atoms with Gasteiger partial charge in [-0.3, -0.25) is 4.79 Å². The zero-order chi connectivity index (χ0) is 18.7. The molecule has 0 bridgehead atoms. The number of hydrogen-bond acceptors (Lipinski definition) is 2. The van der Waals surface area contributed by atoms with Gasteiger partial charge < -0.3 is 4.90 Å². The van der Waals surface area contributed by atoms with E-state index in [9.17, 15) is 13.6 Å². The smallest absolute Gasteiger partial charge is 0.272 e. The van der Waals surface area contributed by atoms with E-state index in [1.54, 1.807) is 35.2 Å². The first-order valence-corrected chi connectivity index (χ1v) is 8.44. The molecule has 0 radical (unpaired) electrons. The number of halogens is 2. The van der Waals surface area contributed by atoms with Crippen LogP contribution in [0.2, 0.25) is 0 Å². The maximum absolute atomic E-state index is 13.3. The van der Waals surface area contributed by atoms with E-state index in [2.05, 4.69) is 5.10 Å². The van der Waals surface area contributed by atoms with Gasteiger partial charge in [-0.15, -0.1) is 0 Å². The highest BCUT2D eigenvalue weighted by molar-refractivity contribution is 5.94. The third kappa shape index (κ3) is 3.49. The van der Waals surface area contributed by atoms with Gasteiger partial charge in [-0.2, -0.15) is 5.10 Å². The second-order valence-electron chi connectivity index (χ2n) is 5.79. The lowest BCUT2D eigenvalue weighted by molar-refractivity contribution is 0.0764. The molecular weight excluding hydrogens is 336 g/mol. The molecule has 0 atom stereocenters. The van der Waals surface area contributed by atoms with Crippen LogP contribution < -0.4 is 0 Å². The zero-order valence-corrected chi connectivity index (χ0v) is 14.6. The lowest BCUT2D eigenvalue weighted by Gasteiger charge is -2.19. The second kappa shape index (κ2) is 7.47. The summed E-state index contributed by atoms with van der Waals surface area (Å²) in [5.41, 5.74) is 2.19. The fraction of sp³-hybridized carbons (Fsp3) is 0.200. The molecule has 6 heteroatoms. The van der Waals surface area contributed by atoms with Crippen molar-refractivity contribution in [3.05, 3.63) is 71.9 Å². The number of carbonyl (C=O) groups excluding carboxylic acids is 1. The van der Waals surface area contributed by atoms with Crippen LogP contribution >= 0.6 is 0 Å². The topological polar surface area (TPSA) is 38.1 Å². The van der Waals surface area contributed by atoms with E-state index in [0.717, 1.165) is 0 Å². The second-order valence-corrected chi connectivity index (χ2v) is 5.79. The Morgan fingerprint density at radius 1 is 0.962 bits per heavy atom. The first-order valence-electron chi connectivity index (χ1n) is 8.44. The summed E-state index contributed by atoms with van der Waals surface area (Å²) < 4.78 is 28.0. The lowest BCUT2D eigenvalue weighted by Crippen LogP contribution is -2.32. The summed E-state index contributed by atoms with van der Waals surface area (Å²) in [7, 11) is 0. The standard InChI is InChI=1S/C20H19F2N3O/c1-3-24(4-2)20(26)19-13-18(14-5-7-15(21)8-6-14)23-25(19)17-11-9-16(22)10-12-17/h5-13H,3-4H2,1-2H3. The van der Waals surface area contributed by atoms with Crippen LogP contribution in [-0.4, -0.2) is 33.7 Å². The summed E-state index contributed by atoms with van der Waals surface area (Å²) in [6.07, 6.45) is 0. The van der Waals surface area contributed by atoms with E-state index in [1.165, 1.54) is 28.9 Å². The molecule has 0 aliphatic carbocycles. The van der Waals surface area contributed by atoms with Crippen molar-refractivity contribution in [1.82, 2.24) is 14.7 Å². The highest BCUT2D eigenvalue weighted by Crippen LogP contribution is 2.23. The Balaban J connectivity index is 2.12. The van der Waals surface area contributed by atoms with Crippen molar-refractivity contribution in [2.45, 2.75) is 13.8 Å². The largest absolute Gasteiger partial charge is 0.338 e. The zero-order valence-electron chi connectivity index (χ0n) is 14.6. The Labute approximate surface area is 150 Å². The normalized spacial score (nSPS) is 10.8. The fourth-order valence-electron chi connectivity index (χ4n) is 2.75. The summed E-state index contributed by atoms with van der Waals surface area (Å²) >= 11 is 0. The van der Waals surface area contributed by atoms with Crippen molar-refractivity contribution >= 4 is 5.91 Å². The van der Waals surface area contributed by atoms with Gasteiger partial charge in [0.15, 0.2) is 0 Å². The number of rotatable bonds is 5. The van der Waals surface area contributed by atoms with Gasteiger partial charge in [0.2, 0.25) is 0 Å². The first-order chi connectivity index (χ1) is 12.5. The van der Waals surface area contributed by atoms with Gasteiger partial charge in [0, 0.05) is 18.7 Å². The summed E-state index contributed by atoms with van der Waals surface area (Å²) in [6, 6.07) is 13.4. The maximum Gasteiger partial charge on any atom is 0.272 e. The molecule has 134 valence electrons. The molecule has 1 aromatic heterocycles. The summed E-state index contributed by atoms with van der Waals surface area (Å²) in [5, 5.41) is 4.51. The van der Waals surface area contributed by atoms with Gasteiger partial charge in [0.1, 0.15) is 17.3 Å². The highest BCUT2D eigenvalue weighted by atomic mass is 19.1. The third-order valence-corrected chi connectivity index (χ3v) is 4.19. The van der Waals surface area contributed by atoms with E-state index in [0.29, 0.717) is 35.7 Å². The molecule has 4 nitrogen and oxygen atoms in total. The number of hydrogen-bond donors (Lipinski definition) is 0. The van der Waals surface area contributed by atoms with Crippen LogP contribution in [0.3, 0.4) is 0 Å². The summed E-state index contributed by atoms with van der Waals surface area (Å²) in [5.74, 6) is -0.873. The van der Waals surface area contributed by atoms with E-state index < -0.39 is 0 Å². The van der Waals surface area contributed by atoms with E-state index in [4.69, 9.17) is 0 Å². The average Bonchev–Trinajstić information content (AvgIpc) is 3.09. The van der Waals surface area contributed by atoms with Crippen LogP contribution in [-0.2, 0) is 0 Å². The van der Waals surface area contributed by atoms with Crippen LogP contribution in [0.15, 0.2) is 54.6 Å². The molecule has 3 aromatic rings. The van der Waals surface area contributed by atoms with Crippen molar-refractivity contribution < 1.29 is 13.6 Å². The monoisotopic (exact) mass is 355 g/mol. The number of benzene rings is 2. The van der Waals surface area contributed by atoms with Gasteiger partial charge in [0.25, 0.3) is 5.91 Å². The average molecular weight is 355 g/mol. The minimum Gasteiger partial charge on any atom is -0.338 e. The van der Waals surface area contributed by atoms with Crippen molar-refractivity contribution in [3.63, 3.8) is 0 Å². The molecule has 0 aliphatic rings. The molecule has 0 spiro atoms. The summed E-state index contributed by atoms with van der Waals surface area (Å²) in [4.78, 5) is 14.6. The van der Waals surface area contributed by atoms with Crippen molar-refractivity contribution in [3.8, 4) is 16.9 Å². The molecule has 1 amide bonds. The SMILES string of the molecule is CCN(CC)C(=O)c1cc(-c2ccc(F)cc2)nn1-c1ccc(F)cc1. The van der Waals surface area contributed by atoms with Crippen LogP contribution in [0.5, 0.6) is 0 Å². The Bertz CT molecular complexity index is 898. The molecule has 26 heavy (non-hydrogen) atoms. The van der Waals surface area contributed by atoms with Gasteiger partial charge in [0.05, 0.1) is 11.4 Å². The van der Waals surface area contributed by atoms with Gasteiger partial charge in [-0.1, -0.05) is 0 Å². The van der Waals surface area contributed by atoms with Crippen molar-refractivity contribution in [1.29, 1.82) is 0 Å². The minimum absolute atomic E-state index is 0.166. The Morgan fingerprint density at radius 2 is 1.50 bits per heavy atom. The molecule has 3 rings (SSSR count). The van der Waals surface area contributed by atoms with Crippen molar-refractivity contribution in [2.24, 2.45) is 0 Å². The van der Waals surface area contributed by atoms with Gasteiger partial charge >= 0.3 is 0 Å². The molecule has 0 unspecified atom stereocenters. The molecule has 0 saturated heterocycles. The molecule has 0 fully saturated rings. The Kier molecular flexibility index (Phi) is 5.11. The quantitative estimate of drug-likeness (QED) is 0.684.